The summed E-state index contributed by atoms with van der Waals surface area (Å²) in [5.41, 5.74) is -1.61. The molecule has 0 bridgehead atoms. The van der Waals surface area contributed by atoms with E-state index in [0.717, 1.165) is 10.1 Å². The van der Waals surface area contributed by atoms with Gasteiger partial charge in [-0.25, -0.2) is 9.59 Å². The molecular weight excluding hydrogens is 528 g/mol. The van der Waals surface area contributed by atoms with Crippen molar-refractivity contribution < 1.29 is 33.3 Å². The summed E-state index contributed by atoms with van der Waals surface area (Å²) in [4.78, 5) is 51.9. The highest BCUT2D eigenvalue weighted by atomic mass is 32.1. The summed E-state index contributed by atoms with van der Waals surface area (Å²) in [6.07, 6.45) is -1.29. The largest absolute Gasteiger partial charge is 0.458 e. The average molecular weight is 555 g/mol. The van der Waals surface area contributed by atoms with Crippen LogP contribution in [0.3, 0.4) is 0 Å². The smallest absolute Gasteiger partial charge is 0.358 e. The lowest BCUT2D eigenvalue weighted by atomic mass is 9.99. The number of thiocarbonyl (C=S) groups is 1. The molecule has 0 spiro atoms. The molecule has 2 heterocycles. The van der Waals surface area contributed by atoms with Crippen molar-refractivity contribution in [1.82, 2.24) is 9.55 Å². The summed E-state index contributed by atoms with van der Waals surface area (Å²) in [5.74, 6) is -1.02. The van der Waals surface area contributed by atoms with Crippen molar-refractivity contribution >= 4 is 29.4 Å². The Hall–Kier alpha value is -4.29. The third-order valence-electron chi connectivity index (χ3n) is 5.95. The lowest BCUT2D eigenvalue weighted by Gasteiger charge is -2.33. The summed E-state index contributed by atoms with van der Waals surface area (Å²) < 4.78 is 29.7. The zero-order valence-electron chi connectivity index (χ0n) is 21.4. The lowest BCUT2D eigenvalue weighted by Crippen LogP contribution is -2.53. The summed E-state index contributed by atoms with van der Waals surface area (Å²) in [5, 5.41) is -0.362. The molecular formula is C27H26N2O9S. The molecule has 1 aliphatic heterocycles. The number of esters is 2. The monoisotopic (exact) mass is 554 g/mol. The maximum Gasteiger partial charge on any atom is 0.358 e. The molecule has 1 N–H and O–H groups in total. The highest BCUT2D eigenvalue weighted by Crippen LogP contribution is 2.38. The molecule has 3 atom stereocenters. The normalized spacial score (nSPS) is 20.2. The number of hydrogen-bond donors (Lipinski definition) is 1. The molecule has 1 fully saturated rings. The second kappa shape index (κ2) is 11.6. The predicted molar refractivity (Wildman–Crippen MR) is 142 cm³/mol. The minimum absolute atomic E-state index is 0.218. The van der Waals surface area contributed by atoms with Crippen LogP contribution in [0, 0.1) is 13.8 Å². The van der Waals surface area contributed by atoms with E-state index in [-0.39, 0.29) is 23.0 Å². The van der Waals surface area contributed by atoms with Crippen LogP contribution < -0.4 is 16.0 Å². The van der Waals surface area contributed by atoms with Crippen molar-refractivity contribution in [3.63, 3.8) is 0 Å². The Morgan fingerprint density at radius 2 is 1.79 bits per heavy atom. The van der Waals surface area contributed by atoms with E-state index in [9.17, 15) is 19.2 Å². The summed E-state index contributed by atoms with van der Waals surface area (Å²) in [6, 6.07) is 15.2. The van der Waals surface area contributed by atoms with E-state index < -0.39 is 47.7 Å². The Kier molecular flexibility index (Phi) is 8.27. The van der Waals surface area contributed by atoms with Gasteiger partial charge in [0, 0.05) is 30.9 Å². The third kappa shape index (κ3) is 6.41. The molecule has 204 valence electrons. The fourth-order valence-corrected chi connectivity index (χ4v) is 4.23. The second-order valence-corrected chi connectivity index (χ2v) is 9.32. The first kappa shape index (κ1) is 27.7. The number of benzene rings is 2. The van der Waals surface area contributed by atoms with Gasteiger partial charge in [-0.15, -0.1) is 0 Å². The van der Waals surface area contributed by atoms with Gasteiger partial charge in [0.25, 0.3) is 5.56 Å². The molecule has 4 rings (SSSR count). The van der Waals surface area contributed by atoms with Gasteiger partial charge in [-0.05, 0) is 38.1 Å². The maximum absolute atomic E-state index is 12.7. The van der Waals surface area contributed by atoms with E-state index in [0.29, 0.717) is 5.75 Å². The number of aromatic nitrogens is 2. The number of H-pyrrole nitrogens is 1. The number of carbonyl (C=O) groups is 2. The van der Waals surface area contributed by atoms with Crippen LogP contribution in [0.5, 0.6) is 5.75 Å². The zero-order chi connectivity index (χ0) is 28.2. The number of hydrogen-bond acceptors (Lipinski definition) is 10. The van der Waals surface area contributed by atoms with Crippen molar-refractivity contribution in [1.29, 1.82) is 0 Å². The molecule has 1 saturated heterocycles. The topological polar surface area (TPSA) is 135 Å². The van der Waals surface area contributed by atoms with Crippen LogP contribution >= 0.6 is 12.2 Å². The molecule has 12 heteroatoms. The van der Waals surface area contributed by atoms with E-state index in [2.05, 4.69) is 4.98 Å². The number of ether oxygens (including phenoxy) is 5. The Balaban J connectivity index is 1.69. The highest BCUT2D eigenvalue weighted by Gasteiger charge is 2.57. The van der Waals surface area contributed by atoms with Gasteiger partial charge < -0.3 is 23.7 Å². The summed E-state index contributed by atoms with van der Waals surface area (Å²) in [7, 11) is 0. The Morgan fingerprint density at radius 3 is 2.46 bits per heavy atom. The van der Waals surface area contributed by atoms with Gasteiger partial charge in [-0.2, -0.15) is 0 Å². The number of nitrogens with one attached hydrogen (secondary N) is 1. The maximum atomic E-state index is 12.7. The molecule has 1 aromatic heterocycles. The van der Waals surface area contributed by atoms with Crippen molar-refractivity contribution in [3.05, 3.63) is 98.3 Å². The van der Waals surface area contributed by atoms with Crippen molar-refractivity contribution in [3.8, 4) is 5.75 Å². The van der Waals surface area contributed by atoms with E-state index >= 15 is 0 Å². The number of rotatable bonds is 7. The van der Waals surface area contributed by atoms with E-state index in [1.165, 1.54) is 20.0 Å². The van der Waals surface area contributed by atoms with Crippen molar-refractivity contribution in [2.75, 3.05) is 13.2 Å². The van der Waals surface area contributed by atoms with Crippen LogP contribution in [0.1, 0.15) is 34.6 Å². The zero-order valence-corrected chi connectivity index (χ0v) is 22.2. The molecule has 0 unspecified atom stereocenters. The molecule has 1 aliphatic rings. The molecule has 0 saturated carbocycles. The fourth-order valence-electron chi connectivity index (χ4n) is 4.03. The number of carbonyl (C=O) groups excluding carboxylic acids is 2. The van der Waals surface area contributed by atoms with Crippen LogP contribution in [-0.4, -0.2) is 51.6 Å². The lowest BCUT2D eigenvalue weighted by molar-refractivity contribution is -0.173. The Labute approximate surface area is 228 Å². The number of nitrogens with zero attached hydrogens (tertiary/aromatic N) is 1. The SMILES string of the molecule is CC(=O)O[C@]1(COC(=O)c2ccccc2)CO[C@@H](n2cc(C)c(=O)[nH]c2=O)[C@@H]1OC(=S)Oc1ccc(C)cc1. The first-order valence-electron chi connectivity index (χ1n) is 11.9. The van der Waals surface area contributed by atoms with Crippen LogP contribution in [0.2, 0.25) is 0 Å². The van der Waals surface area contributed by atoms with Gasteiger partial charge in [0.2, 0.25) is 5.60 Å². The molecule has 2 aromatic carbocycles. The molecule has 0 amide bonds. The summed E-state index contributed by atoms with van der Waals surface area (Å²) in [6.45, 7) is 3.76. The first-order valence-corrected chi connectivity index (χ1v) is 12.3. The predicted octanol–water partition coefficient (Wildman–Crippen LogP) is 2.59. The molecule has 3 aromatic rings. The van der Waals surface area contributed by atoms with Crippen molar-refractivity contribution in [2.45, 2.75) is 38.7 Å². The minimum atomic E-state index is -1.73. The Morgan fingerprint density at radius 1 is 1.10 bits per heavy atom. The number of aromatic amines is 1. The molecule has 39 heavy (non-hydrogen) atoms. The van der Waals surface area contributed by atoms with Gasteiger partial charge in [0.1, 0.15) is 12.4 Å². The quantitative estimate of drug-likeness (QED) is 0.343. The average Bonchev–Trinajstić information content (AvgIpc) is 3.23. The van der Waals surface area contributed by atoms with Crippen LogP contribution in [0.25, 0.3) is 0 Å². The van der Waals surface area contributed by atoms with Crippen molar-refractivity contribution in [2.24, 2.45) is 0 Å². The van der Waals surface area contributed by atoms with Gasteiger partial charge >= 0.3 is 22.9 Å². The fraction of sp³-hybridized carbons (Fsp3) is 0.296. The van der Waals surface area contributed by atoms with Gasteiger partial charge in [-0.1, -0.05) is 35.9 Å². The highest BCUT2D eigenvalue weighted by molar-refractivity contribution is 7.79. The van der Waals surface area contributed by atoms with E-state index in [1.807, 2.05) is 19.1 Å². The number of aryl methyl sites for hydroxylation is 2. The van der Waals surface area contributed by atoms with Gasteiger partial charge in [0.05, 0.1) is 12.2 Å². The molecule has 0 aliphatic carbocycles. The molecule has 0 radical (unpaired) electrons. The van der Waals surface area contributed by atoms with Crippen LogP contribution in [-0.2, 0) is 23.7 Å². The minimum Gasteiger partial charge on any atom is -0.458 e. The van der Waals surface area contributed by atoms with Crippen LogP contribution in [0.15, 0.2) is 70.4 Å². The van der Waals surface area contributed by atoms with Gasteiger partial charge in [-0.3, -0.25) is 19.1 Å². The molecule has 11 nitrogen and oxygen atoms in total. The standard InChI is InChI=1S/C27H26N2O9S/c1-16-9-11-20(12-10-16)36-26(39)37-21-23(29-13-17(2)22(31)28-25(29)33)34-14-27(21,38-18(3)30)15-35-24(32)19-7-5-4-6-8-19/h4-13,21,23H,14-15H2,1-3H3,(H,28,31,33)/t21-,23+,27-/m0/s1. The van der Waals surface area contributed by atoms with Gasteiger partial charge in [0.15, 0.2) is 12.3 Å². The van der Waals surface area contributed by atoms with E-state index in [1.54, 1.807) is 42.5 Å². The summed E-state index contributed by atoms with van der Waals surface area (Å²) >= 11 is 5.32. The second-order valence-electron chi connectivity index (χ2n) is 8.98. The van der Waals surface area contributed by atoms with Crippen LogP contribution in [0.4, 0.5) is 0 Å². The third-order valence-corrected chi connectivity index (χ3v) is 6.12. The first-order chi connectivity index (χ1) is 18.6. The Bertz CT molecular complexity index is 1480. The van der Waals surface area contributed by atoms with E-state index in [4.69, 9.17) is 35.9 Å².